The summed E-state index contributed by atoms with van der Waals surface area (Å²) < 4.78 is 20.9. The Bertz CT molecular complexity index is 990. The second-order valence-corrected chi connectivity index (χ2v) is 7.20. The van der Waals surface area contributed by atoms with Gasteiger partial charge in [0.1, 0.15) is 23.5 Å². The molecule has 5 nitrogen and oxygen atoms in total. The summed E-state index contributed by atoms with van der Waals surface area (Å²) in [6.45, 7) is 0. The van der Waals surface area contributed by atoms with Crippen LogP contribution in [0.5, 0.6) is 5.75 Å². The van der Waals surface area contributed by atoms with E-state index in [-0.39, 0.29) is 5.56 Å². The van der Waals surface area contributed by atoms with Gasteiger partial charge in [-0.2, -0.15) is 5.26 Å². The quantitative estimate of drug-likeness (QED) is 0.582. The molecular weight excluding hydrogens is 379 g/mol. The number of nitrogens with zero attached hydrogens (tertiary/aromatic N) is 3. The first kappa shape index (κ1) is 21.4. The van der Waals surface area contributed by atoms with E-state index >= 15 is 0 Å². The lowest BCUT2D eigenvalue weighted by molar-refractivity contribution is 0.414. The maximum atomic E-state index is 14.0. The molecule has 4 rings (SSSR count). The average molecular weight is 407 g/mol. The zero-order chi connectivity index (χ0) is 21.3. The van der Waals surface area contributed by atoms with Crippen molar-refractivity contribution in [1.29, 1.82) is 5.26 Å². The summed E-state index contributed by atoms with van der Waals surface area (Å²) in [5, 5.41) is 16.3. The highest BCUT2D eigenvalue weighted by molar-refractivity contribution is 5.67. The van der Waals surface area contributed by atoms with Crippen molar-refractivity contribution in [2.24, 2.45) is 0 Å². The first-order valence-corrected chi connectivity index (χ1v) is 10.3. The molecule has 30 heavy (non-hydrogen) atoms. The molecule has 0 unspecified atom stereocenters. The van der Waals surface area contributed by atoms with Gasteiger partial charge in [0.2, 0.25) is 0 Å². The van der Waals surface area contributed by atoms with Gasteiger partial charge in [-0.25, -0.2) is 9.07 Å². The van der Waals surface area contributed by atoms with Gasteiger partial charge in [-0.05, 0) is 36.4 Å². The van der Waals surface area contributed by atoms with Crippen LogP contribution in [0.4, 0.5) is 10.2 Å². The molecule has 3 aromatic rings. The first-order chi connectivity index (χ1) is 14.7. The number of hydrogen-bond donors (Lipinski definition) is 1. The Labute approximate surface area is 177 Å². The normalized spacial score (nSPS) is 13.0. The van der Waals surface area contributed by atoms with Crippen molar-refractivity contribution in [3.8, 4) is 28.8 Å². The monoisotopic (exact) mass is 406 g/mol. The molecule has 0 radical (unpaired) electrons. The Morgan fingerprint density at radius 2 is 1.63 bits per heavy atom. The van der Waals surface area contributed by atoms with Crippen molar-refractivity contribution in [3.63, 3.8) is 0 Å². The van der Waals surface area contributed by atoms with Gasteiger partial charge >= 0.3 is 0 Å². The van der Waals surface area contributed by atoms with Crippen molar-refractivity contribution in [3.05, 3.63) is 59.9 Å². The Balaban J connectivity index is 0.000000367. The minimum absolute atomic E-state index is 0.0168. The van der Waals surface area contributed by atoms with E-state index in [4.69, 9.17) is 10.00 Å². The maximum absolute atomic E-state index is 14.0. The third-order valence-corrected chi connectivity index (χ3v) is 5.17. The standard InChI is InChI=1S/C18H15FN4O.C6H12/c1-21-18-10-17(12-3-4-13(11-20)16(19)9-12)23(22-18)14-5-7-15(24-2)8-6-14;1-2-4-6-5-3-1/h3-10H,1-2H3,(H,21,22);1-6H2. The van der Waals surface area contributed by atoms with Gasteiger partial charge in [0.05, 0.1) is 24.1 Å². The second-order valence-electron chi connectivity index (χ2n) is 7.20. The zero-order valence-electron chi connectivity index (χ0n) is 17.5. The van der Waals surface area contributed by atoms with Crippen molar-refractivity contribution in [2.45, 2.75) is 38.5 Å². The lowest BCUT2D eigenvalue weighted by atomic mass is 10.0. The van der Waals surface area contributed by atoms with Crippen molar-refractivity contribution in [1.82, 2.24) is 9.78 Å². The van der Waals surface area contributed by atoms with E-state index in [1.54, 1.807) is 24.9 Å². The molecule has 0 bridgehead atoms. The van der Waals surface area contributed by atoms with Gasteiger partial charge in [0.15, 0.2) is 0 Å². The Morgan fingerprint density at radius 3 is 2.13 bits per heavy atom. The molecule has 0 saturated heterocycles. The van der Waals surface area contributed by atoms with Gasteiger partial charge in [-0.1, -0.05) is 44.6 Å². The summed E-state index contributed by atoms with van der Waals surface area (Å²) in [4.78, 5) is 0. The van der Waals surface area contributed by atoms with Crippen LogP contribution in [0, 0.1) is 17.1 Å². The summed E-state index contributed by atoms with van der Waals surface area (Å²) in [6, 6.07) is 15.6. The Kier molecular flexibility index (Phi) is 7.45. The van der Waals surface area contributed by atoms with Gasteiger partial charge < -0.3 is 10.1 Å². The topological polar surface area (TPSA) is 62.9 Å². The number of nitrogens with one attached hydrogen (secondary N) is 1. The van der Waals surface area contributed by atoms with Crippen LogP contribution >= 0.6 is 0 Å². The molecule has 6 heteroatoms. The van der Waals surface area contributed by atoms with Crippen molar-refractivity contribution >= 4 is 5.82 Å². The number of methoxy groups -OCH3 is 1. The maximum Gasteiger partial charge on any atom is 0.148 e. The summed E-state index contributed by atoms with van der Waals surface area (Å²) in [7, 11) is 3.37. The van der Waals surface area contributed by atoms with Gasteiger partial charge in [0.25, 0.3) is 0 Å². The smallest absolute Gasteiger partial charge is 0.148 e. The van der Waals surface area contributed by atoms with Crippen LogP contribution in [-0.2, 0) is 0 Å². The van der Waals surface area contributed by atoms with E-state index in [9.17, 15) is 4.39 Å². The third-order valence-electron chi connectivity index (χ3n) is 5.17. The Morgan fingerprint density at radius 1 is 1.00 bits per heavy atom. The lowest BCUT2D eigenvalue weighted by Crippen LogP contribution is -2.00. The molecule has 1 N–H and O–H groups in total. The second kappa shape index (κ2) is 10.4. The fourth-order valence-electron chi connectivity index (χ4n) is 3.45. The molecule has 1 aromatic heterocycles. The minimum atomic E-state index is -0.552. The van der Waals surface area contributed by atoms with Crippen LogP contribution in [0.1, 0.15) is 44.1 Å². The van der Waals surface area contributed by atoms with E-state index in [1.807, 2.05) is 36.4 Å². The van der Waals surface area contributed by atoms with E-state index in [1.165, 1.54) is 50.7 Å². The molecule has 0 aliphatic heterocycles. The number of rotatable bonds is 4. The third kappa shape index (κ3) is 5.18. The van der Waals surface area contributed by atoms with E-state index < -0.39 is 5.82 Å². The van der Waals surface area contributed by atoms with Crippen molar-refractivity contribution < 1.29 is 9.13 Å². The predicted octanol–water partition coefficient (Wildman–Crippen LogP) is 5.94. The SMILES string of the molecule is C1CCCCC1.CNc1cc(-c2ccc(C#N)c(F)c2)n(-c2ccc(OC)cc2)n1. The molecule has 0 amide bonds. The first-order valence-electron chi connectivity index (χ1n) is 10.3. The highest BCUT2D eigenvalue weighted by Crippen LogP contribution is 2.28. The average Bonchev–Trinajstić information content (AvgIpc) is 3.25. The molecular formula is C24H27FN4O. The van der Waals surface area contributed by atoms with E-state index in [0.717, 1.165) is 11.4 Å². The van der Waals surface area contributed by atoms with Gasteiger partial charge in [-0.15, -0.1) is 5.10 Å². The molecule has 2 aromatic carbocycles. The van der Waals surface area contributed by atoms with E-state index in [2.05, 4.69) is 10.4 Å². The number of ether oxygens (including phenoxy) is 1. The number of aromatic nitrogens is 2. The lowest BCUT2D eigenvalue weighted by Gasteiger charge is -2.09. The molecule has 1 fully saturated rings. The molecule has 0 spiro atoms. The van der Waals surface area contributed by atoms with Crippen LogP contribution < -0.4 is 10.1 Å². The number of nitriles is 1. The molecule has 156 valence electrons. The van der Waals surface area contributed by atoms with Crippen LogP contribution in [0.15, 0.2) is 48.5 Å². The fraction of sp³-hybridized carbons (Fsp3) is 0.333. The van der Waals surface area contributed by atoms with Crippen LogP contribution in [0.3, 0.4) is 0 Å². The van der Waals surface area contributed by atoms with Gasteiger partial charge in [-0.3, -0.25) is 0 Å². The van der Waals surface area contributed by atoms with Crippen LogP contribution in [-0.4, -0.2) is 23.9 Å². The summed E-state index contributed by atoms with van der Waals surface area (Å²) in [5.74, 6) is 0.847. The summed E-state index contributed by atoms with van der Waals surface area (Å²) in [5.41, 5.74) is 2.18. The molecule has 1 saturated carbocycles. The van der Waals surface area contributed by atoms with Crippen molar-refractivity contribution in [2.75, 3.05) is 19.5 Å². The van der Waals surface area contributed by atoms with Crippen LogP contribution in [0.25, 0.3) is 16.9 Å². The largest absolute Gasteiger partial charge is 0.497 e. The Hall–Kier alpha value is -3.33. The molecule has 1 heterocycles. The van der Waals surface area contributed by atoms with E-state index in [0.29, 0.717) is 17.1 Å². The molecule has 0 atom stereocenters. The molecule has 1 aliphatic carbocycles. The molecule has 1 aliphatic rings. The number of anilines is 1. The summed E-state index contributed by atoms with van der Waals surface area (Å²) in [6.07, 6.45) is 9.00. The van der Waals surface area contributed by atoms with Crippen LogP contribution in [0.2, 0.25) is 0 Å². The zero-order valence-corrected chi connectivity index (χ0v) is 17.5. The summed E-state index contributed by atoms with van der Waals surface area (Å²) >= 11 is 0. The highest BCUT2D eigenvalue weighted by atomic mass is 19.1. The predicted molar refractivity (Wildman–Crippen MR) is 117 cm³/mol. The number of hydrogen-bond acceptors (Lipinski definition) is 4. The number of benzene rings is 2. The number of halogens is 1. The highest BCUT2D eigenvalue weighted by Gasteiger charge is 2.13. The minimum Gasteiger partial charge on any atom is -0.497 e. The fourth-order valence-corrected chi connectivity index (χ4v) is 3.45. The van der Waals surface area contributed by atoms with Gasteiger partial charge in [0, 0.05) is 18.7 Å².